The van der Waals surface area contributed by atoms with Gasteiger partial charge in [0.25, 0.3) is 0 Å². The van der Waals surface area contributed by atoms with Crippen LogP contribution in [-0.4, -0.2) is 47.3 Å². The number of aromatic nitrogens is 1. The van der Waals surface area contributed by atoms with Gasteiger partial charge in [-0.1, -0.05) is 54.1 Å². The van der Waals surface area contributed by atoms with Gasteiger partial charge in [0.05, 0.1) is 36.6 Å². The average molecular weight is 469 g/mol. The number of ether oxygens (including phenoxy) is 1. The zero-order valence-corrected chi connectivity index (χ0v) is 19.5. The Balaban J connectivity index is 1.19. The van der Waals surface area contributed by atoms with Crippen molar-refractivity contribution in [3.8, 4) is 10.4 Å². The zero-order valence-electron chi connectivity index (χ0n) is 17.9. The summed E-state index contributed by atoms with van der Waals surface area (Å²) in [6.07, 6.45) is 3.46. The summed E-state index contributed by atoms with van der Waals surface area (Å²) in [7, 11) is 0. The van der Waals surface area contributed by atoms with Gasteiger partial charge in [0.1, 0.15) is 5.60 Å². The van der Waals surface area contributed by atoms with Crippen LogP contribution in [0.2, 0.25) is 5.02 Å². The van der Waals surface area contributed by atoms with Gasteiger partial charge in [-0.3, -0.25) is 5.32 Å². The lowest BCUT2D eigenvalue weighted by Crippen LogP contribution is -2.65. The minimum Gasteiger partial charge on any atom is -0.442 e. The standard InChI is InChI=1S/C25H26ClN3O2S/c26-21-8-4-7-20(17-21)22-23(27-18-32-22)28-24(30)31-25-10-14-29(15-11-25,16-12-25)13-9-19-5-2-1-3-6-19/h1-8,17-18H,9-16H2/p+1. The molecule has 1 amide bonds. The Morgan fingerprint density at radius 1 is 1.09 bits per heavy atom. The molecule has 166 valence electrons. The topological polar surface area (TPSA) is 51.2 Å². The molecule has 1 N–H and O–H groups in total. The number of amides is 1. The summed E-state index contributed by atoms with van der Waals surface area (Å²) >= 11 is 7.60. The molecule has 3 fully saturated rings. The van der Waals surface area contributed by atoms with E-state index in [1.54, 1.807) is 5.51 Å². The molecular weight excluding hydrogens is 442 g/mol. The fourth-order valence-electron chi connectivity index (χ4n) is 5.02. The number of carbonyl (C=O) groups excluding carboxylic acids is 1. The molecule has 6 rings (SSSR count). The number of hydrogen-bond acceptors (Lipinski definition) is 4. The third-order valence-electron chi connectivity index (χ3n) is 7.03. The number of hydrogen-bond donors (Lipinski definition) is 1. The first-order valence-corrected chi connectivity index (χ1v) is 12.4. The predicted octanol–water partition coefficient (Wildman–Crippen LogP) is 6.01. The quantitative estimate of drug-likeness (QED) is 0.451. The fourth-order valence-corrected chi connectivity index (χ4v) is 5.95. The molecule has 32 heavy (non-hydrogen) atoms. The van der Waals surface area contributed by atoms with Gasteiger partial charge in [0, 0.05) is 30.7 Å². The van der Waals surface area contributed by atoms with Crippen LogP contribution in [0.3, 0.4) is 0 Å². The molecular formula is C25H27ClN3O2S+. The van der Waals surface area contributed by atoms with Gasteiger partial charge >= 0.3 is 6.09 Å². The highest BCUT2D eigenvalue weighted by molar-refractivity contribution is 7.13. The minimum atomic E-state index is -0.412. The van der Waals surface area contributed by atoms with Gasteiger partial charge in [0.2, 0.25) is 0 Å². The Kier molecular flexibility index (Phi) is 5.93. The monoisotopic (exact) mass is 468 g/mol. The number of carbonyl (C=O) groups is 1. The smallest absolute Gasteiger partial charge is 0.413 e. The second kappa shape index (κ2) is 8.85. The van der Waals surface area contributed by atoms with Crippen LogP contribution in [0.5, 0.6) is 0 Å². The van der Waals surface area contributed by atoms with Crippen LogP contribution >= 0.6 is 22.9 Å². The van der Waals surface area contributed by atoms with Crippen LogP contribution in [0.15, 0.2) is 60.1 Å². The lowest BCUT2D eigenvalue weighted by molar-refractivity contribution is -0.944. The summed E-state index contributed by atoms with van der Waals surface area (Å²) in [6, 6.07) is 18.3. The van der Waals surface area contributed by atoms with E-state index < -0.39 is 6.09 Å². The molecule has 0 unspecified atom stereocenters. The average Bonchev–Trinajstić information content (AvgIpc) is 3.27. The van der Waals surface area contributed by atoms with E-state index >= 15 is 0 Å². The molecule has 2 aromatic carbocycles. The highest BCUT2D eigenvalue weighted by atomic mass is 35.5. The van der Waals surface area contributed by atoms with E-state index in [1.807, 2.05) is 24.3 Å². The summed E-state index contributed by atoms with van der Waals surface area (Å²) < 4.78 is 7.19. The van der Waals surface area contributed by atoms with Crippen molar-refractivity contribution in [1.29, 1.82) is 0 Å². The maximum atomic E-state index is 12.8. The number of nitrogens with one attached hydrogen (secondary N) is 1. The van der Waals surface area contributed by atoms with Crippen molar-refractivity contribution in [1.82, 2.24) is 4.98 Å². The van der Waals surface area contributed by atoms with Crippen LogP contribution < -0.4 is 5.32 Å². The highest BCUT2D eigenvalue weighted by Crippen LogP contribution is 2.40. The van der Waals surface area contributed by atoms with Crippen LogP contribution in [-0.2, 0) is 11.2 Å². The molecule has 3 aliphatic heterocycles. The number of nitrogens with zero attached hydrogens (tertiary/aromatic N) is 2. The molecule has 0 spiro atoms. The molecule has 3 aromatic rings. The Labute approximate surface area is 197 Å². The summed E-state index contributed by atoms with van der Waals surface area (Å²) in [6.45, 7) is 4.38. The van der Waals surface area contributed by atoms with Gasteiger partial charge in [-0.25, -0.2) is 9.78 Å². The number of halogens is 1. The molecule has 0 saturated carbocycles. The second-order valence-electron chi connectivity index (χ2n) is 8.96. The van der Waals surface area contributed by atoms with Crippen molar-refractivity contribution < 1.29 is 14.0 Å². The lowest BCUT2D eigenvalue weighted by Gasteiger charge is -2.54. The third kappa shape index (κ3) is 4.53. The Morgan fingerprint density at radius 3 is 2.56 bits per heavy atom. The third-order valence-corrected chi connectivity index (χ3v) is 8.14. The van der Waals surface area contributed by atoms with E-state index in [1.165, 1.54) is 16.9 Å². The maximum Gasteiger partial charge on any atom is 0.413 e. The molecule has 7 heteroatoms. The molecule has 1 aromatic heterocycles. The number of quaternary nitrogens is 1. The Bertz CT molecular complexity index is 1080. The van der Waals surface area contributed by atoms with Crippen molar-refractivity contribution >= 4 is 34.8 Å². The number of piperidine rings is 3. The summed E-state index contributed by atoms with van der Waals surface area (Å²) in [5.74, 6) is 0.526. The molecule has 3 aliphatic rings. The minimum absolute atomic E-state index is 0.344. The maximum absolute atomic E-state index is 12.8. The second-order valence-corrected chi connectivity index (χ2v) is 10.3. The molecule has 3 saturated heterocycles. The van der Waals surface area contributed by atoms with Gasteiger partial charge in [-0.05, 0) is 23.3 Å². The first kappa shape index (κ1) is 21.4. The van der Waals surface area contributed by atoms with Crippen LogP contribution in [0, 0.1) is 0 Å². The van der Waals surface area contributed by atoms with E-state index in [-0.39, 0.29) is 5.60 Å². The summed E-state index contributed by atoms with van der Waals surface area (Å²) in [5.41, 5.74) is 3.72. The zero-order chi connectivity index (χ0) is 22.0. The fraction of sp³-hybridized carbons (Fsp3) is 0.360. The molecule has 4 heterocycles. The van der Waals surface area contributed by atoms with Crippen LogP contribution in [0.1, 0.15) is 24.8 Å². The molecule has 5 nitrogen and oxygen atoms in total. The van der Waals surface area contributed by atoms with Gasteiger partial charge in [-0.15, -0.1) is 11.3 Å². The predicted molar refractivity (Wildman–Crippen MR) is 129 cm³/mol. The van der Waals surface area contributed by atoms with Gasteiger partial charge in [-0.2, -0.15) is 0 Å². The number of fused-ring (bicyclic) bond motifs is 3. The highest BCUT2D eigenvalue weighted by Gasteiger charge is 2.51. The molecule has 0 aliphatic carbocycles. The summed E-state index contributed by atoms with van der Waals surface area (Å²) in [5, 5.41) is 3.53. The van der Waals surface area contributed by atoms with E-state index in [4.69, 9.17) is 16.3 Å². The first-order valence-electron chi connectivity index (χ1n) is 11.1. The van der Waals surface area contributed by atoms with Crippen molar-refractivity contribution in [3.63, 3.8) is 0 Å². The lowest BCUT2D eigenvalue weighted by atomic mass is 9.80. The first-order chi connectivity index (χ1) is 15.5. The normalized spacial score (nSPS) is 24.3. The van der Waals surface area contributed by atoms with Gasteiger partial charge in [0.15, 0.2) is 5.82 Å². The molecule has 0 atom stereocenters. The van der Waals surface area contributed by atoms with E-state index in [0.29, 0.717) is 10.8 Å². The Morgan fingerprint density at radius 2 is 1.84 bits per heavy atom. The van der Waals surface area contributed by atoms with Crippen molar-refractivity contribution in [2.75, 3.05) is 31.5 Å². The summed E-state index contributed by atoms with van der Waals surface area (Å²) in [4.78, 5) is 18.0. The number of thiazole rings is 1. The number of benzene rings is 2. The SMILES string of the molecule is O=C(Nc1ncsc1-c1cccc(Cl)c1)OC12CC[N+](CCc3ccccc3)(CC1)CC2. The van der Waals surface area contributed by atoms with E-state index in [2.05, 4.69) is 40.6 Å². The van der Waals surface area contributed by atoms with Crippen molar-refractivity contribution in [3.05, 3.63) is 70.7 Å². The van der Waals surface area contributed by atoms with Gasteiger partial charge < -0.3 is 9.22 Å². The molecule has 2 bridgehead atoms. The van der Waals surface area contributed by atoms with Crippen LogP contribution in [0.25, 0.3) is 10.4 Å². The van der Waals surface area contributed by atoms with Crippen LogP contribution in [0.4, 0.5) is 10.6 Å². The van der Waals surface area contributed by atoms with E-state index in [9.17, 15) is 4.79 Å². The number of rotatable bonds is 6. The Hall–Kier alpha value is -2.41. The van der Waals surface area contributed by atoms with Crippen molar-refractivity contribution in [2.45, 2.75) is 31.3 Å². The number of anilines is 1. The van der Waals surface area contributed by atoms with Crippen molar-refractivity contribution in [2.24, 2.45) is 0 Å². The van der Waals surface area contributed by atoms with E-state index in [0.717, 1.165) is 66.8 Å². The largest absolute Gasteiger partial charge is 0.442 e. The molecule has 0 radical (unpaired) electrons.